The number of rotatable bonds is 6. The third-order valence-corrected chi connectivity index (χ3v) is 6.04. The second-order valence-corrected chi connectivity index (χ2v) is 8.53. The van der Waals surface area contributed by atoms with Crippen molar-refractivity contribution in [2.75, 3.05) is 20.1 Å². The Morgan fingerprint density at radius 1 is 1.22 bits per heavy atom. The van der Waals surface area contributed by atoms with Gasteiger partial charge < -0.3 is 10.2 Å². The van der Waals surface area contributed by atoms with Crippen molar-refractivity contribution in [3.8, 4) is 0 Å². The van der Waals surface area contributed by atoms with Crippen LogP contribution in [-0.2, 0) is 10.2 Å². The van der Waals surface area contributed by atoms with Gasteiger partial charge in [0.15, 0.2) is 0 Å². The van der Waals surface area contributed by atoms with Gasteiger partial charge in [0.1, 0.15) is 5.37 Å². The first kappa shape index (κ1) is 18.3. The molecule has 1 aromatic rings. The van der Waals surface area contributed by atoms with Crippen molar-refractivity contribution in [1.29, 1.82) is 0 Å². The molecular formula is C19H30N2OS. The van der Waals surface area contributed by atoms with E-state index in [2.05, 4.69) is 62.2 Å². The number of amides is 1. The van der Waals surface area contributed by atoms with E-state index in [0.29, 0.717) is 5.91 Å². The molecule has 1 N–H and O–H groups in total. The number of nitrogens with one attached hydrogen (secondary N) is 1. The fraction of sp³-hybridized carbons (Fsp3) is 0.632. The summed E-state index contributed by atoms with van der Waals surface area (Å²) in [7, 11) is 1.96. The normalized spacial score (nSPS) is 22.0. The summed E-state index contributed by atoms with van der Waals surface area (Å²) < 4.78 is 0. The van der Waals surface area contributed by atoms with Gasteiger partial charge in [0.05, 0.1) is 5.25 Å². The topological polar surface area (TPSA) is 32.3 Å². The van der Waals surface area contributed by atoms with Crippen LogP contribution < -0.4 is 5.32 Å². The van der Waals surface area contributed by atoms with Crippen molar-refractivity contribution < 1.29 is 4.79 Å². The number of carbonyl (C=O) groups excluding carboxylic acids is 1. The predicted octanol–water partition coefficient (Wildman–Crippen LogP) is 3.95. The predicted molar refractivity (Wildman–Crippen MR) is 99.8 cm³/mol. The van der Waals surface area contributed by atoms with Crippen LogP contribution in [0.25, 0.3) is 0 Å². The number of thioether (sulfide) groups is 1. The largest absolute Gasteiger partial charge is 0.326 e. The maximum Gasteiger partial charge on any atom is 0.236 e. The molecule has 4 heteroatoms. The Hall–Kier alpha value is -1.00. The highest BCUT2D eigenvalue weighted by molar-refractivity contribution is 8.01. The molecule has 0 bridgehead atoms. The van der Waals surface area contributed by atoms with Gasteiger partial charge in [0.25, 0.3) is 0 Å². The van der Waals surface area contributed by atoms with Crippen LogP contribution in [0.15, 0.2) is 24.3 Å². The summed E-state index contributed by atoms with van der Waals surface area (Å²) in [6.07, 6.45) is 1.90. The van der Waals surface area contributed by atoms with Crippen LogP contribution in [0.5, 0.6) is 0 Å². The van der Waals surface area contributed by atoms with Crippen molar-refractivity contribution in [3.63, 3.8) is 0 Å². The molecule has 2 atom stereocenters. The van der Waals surface area contributed by atoms with Crippen molar-refractivity contribution in [1.82, 2.24) is 10.2 Å². The smallest absolute Gasteiger partial charge is 0.236 e. The van der Waals surface area contributed by atoms with Gasteiger partial charge in [-0.15, -0.1) is 11.8 Å². The van der Waals surface area contributed by atoms with Crippen LogP contribution in [0.1, 0.15) is 57.0 Å². The molecule has 0 saturated carbocycles. The molecule has 1 aromatic carbocycles. The van der Waals surface area contributed by atoms with E-state index in [1.54, 1.807) is 0 Å². The van der Waals surface area contributed by atoms with E-state index in [1.807, 2.05) is 18.8 Å². The Balaban J connectivity index is 2.18. The molecule has 1 aliphatic rings. The summed E-state index contributed by atoms with van der Waals surface area (Å²) in [4.78, 5) is 14.7. The van der Waals surface area contributed by atoms with E-state index in [9.17, 15) is 4.79 Å². The van der Waals surface area contributed by atoms with Gasteiger partial charge in [-0.05, 0) is 43.0 Å². The van der Waals surface area contributed by atoms with Gasteiger partial charge in [-0.25, -0.2) is 0 Å². The fourth-order valence-corrected chi connectivity index (χ4v) is 4.34. The highest BCUT2D eigenvalue weighted by Gasteiger charge is 2.39. The second kappa shape index (κ2) is 7.71. The zero-order valence-corrected chi connectivity index (χ0v) is 15.9. The standard InChI is InChI=1S/C19H30N2OS/c1-6-16-17(22)21(13-7-12-20-5)18(23-16)14-8-10-15(11-9-14)19(2,3)4/h8-11,16,18,20H,6-7,12-13H2,1-5H3. The minimum atomic E-state index is 0.108. The van der Waals surface area contributed by atoms with Gasteiger partial charge >= 0.3 is 0 Å². The summed E-state index contributed by atoms with van der Waals surface area (Å²) >= 11 is 1.81. The number of hydrogen-bond acceptors (Lipinski definition) is 3. The average molecular weight is 335 g/mol. The van der Waals surface area contributed by atoms with E-state index in [0.717, 1.165) is 25.9 Å². The van der Waals surface area contributed by atoms with Gasteiger partial charge in [-0.2, -0.15) is 0 Å². The third-order valence-electron chi connectivity index (χ3n) is 4.39. The lowest BCUT2D eigenvalue weighted by molar-refractivity contribution is -0.130. The van der Waals surface area contributed by atoms with Crippen molar-refractivity contribution in [2.24, 2.45) is 0 Å². The second-order valence-electron chi connectivity index (χ2n) is 7.25. The quantitative estimate of drug-likeness (QED) is 0.800. The lowest BCUT2D eigenvalue weighted by Gasteiger charge is -2.25. The highest BCUT2D eigenvalue weighted by atomic mass is 32.2. The molecule has 3 nitrogen and oxygen atoms in total. The van der Waals surface area contributed by atoms with E-state index in [-0.39, 0.29) is 16.0 Å². The van der Waals surface area contributed by atoms with Crippen LogP contribution in [0.3, 0.4) is 0 Å². The lowest BCUT2D eigenvalue weighted by Crippen LogP contribution is -2.33. The van der Waals surface area contributed by atoms with Crippen molar-refractivity contribution >= 4 is 17.7 Å². The first-order valence-electron chi connectivity index (χ1n) is 8.59. The van der Waals surface area contributed by atoms with Crippen LogP contribution >= 0.6 is 11.8 Å². The van der Waals surface area contributed by atoms with Crippen molar-refractivity contribution in [3.05, 3.63) is 35.4 Å². The van der Waals surface area contributed by atoms with Crippen molar-refractivity contribution in [2.45, 2.75) is 56.6 Å². The molecule has 1 aliphatic heterocycles. The Bertz CT molecular complexity index is 521. The number of hydrogen-bond donors (Lipinski definition) is 1. The van der Waals surface area contributed by atoms with Gasteiger partial charge in [-0.3, -0.25) is 4.79 Å². The number of benzene rings is 1. The molecule has 1 saturated heterocycles. The molecule has 0 aromatic heterocycles. The monoisotopic (exact) mass is 334 g/mol. The summed E-state index contributed by atoms with van der Waals surface area (Å²) in [6, 6.07) is 8.83. The van der Waals surface area contributed by atoms with Crippen LogP contribution in [0.4, 0.5) is 0 Å². The van der Waals surface area contributed by atoms with Crippen LogP contribution in [0, 0.1) is 0 Å². The maximum atomic E-state index is 12.6. The first-order chi connectivity index (χ1) is 10.9. The van der Waals surface area contributed by atoms with E-state index < -0.39 is 0 Å². The Morgan fingerprint density at radius 3 is 2.39 bits per heavy atom. The molecule has 0 spiro atoms. The zero-order valence-electron chi connectivity index (χ0n) is 15.1. The molecule has 1 amide bonds. The number of nitrogens with zero attached hydrogens (tertiary/aromatic N) is 1. The van der Waals surface area contributed by atoms with E-state index >= 15 is 0 Å². The molecule has 128 valence electrons. The fourth-order valence-electron chi connectivity index (χ4n) is 2.92. The molecular weight excluding hydrogens is 304 g/mol. The summed E-state index contributed by atoms with van der Waals surface area (Å²) in [6.45, 7) is 10.6. The van der Waals surface area contributed by atoms with Gasteiger partial charge in [0, 0.05) is 6.54 Å². The summed E-state index contributed by atoms with van der Waals surface area (Å²) in [5.74, 6) is 0.304. The minimum Gasteiger partial charge on any atom is -0.326 e. The molecule has 1 fully saturated rings. The van der Waals surface area contributed by atoms with E-state index in [1.165, 1.54) is 11.1 Å². The molecule has 0 radical (unpaired) electrons. The Labute approximate surface area is 145 Å². The number of carbonyl (C=O) groups is 1. The van der Waals surface area contributed by atoms with Gasteiger partial charge in [-0.1, -0.05) is 52.0 Å². The van der Waals surface area contributed by atoms with E-state index in [4.69, 9.17) is 0 Å². The highest BCUT2D eigenvalue weighted by Crippen LogP contribution is 2.44. The average Bonchev–Trinajstić information content (AvgIpc) is 2.83. The van der Waals surface area contributed by atoms with Crippen LogP contribution in [0.2, 0.25) is 0 Å². The summed E-state index contributed by atoms with van der Waals surface area (Å²) in [5, 5.41) is 3.44. The lowest BCUT2D eigenvalue weighted by atomic mass is 9.86. The summed E-state index contributed by atoms with van der Waals surface area (Å²) in [5.41, 5.74) is 2.75. The molecule has 23 heavy (non-hydrogen) atoms. The SMILES string of the molecule is CCC1SC(c2ccc(C(C)(C)C)cc2)N(CCCNC)C1=O. The molecule has 0 aliphatic carbocycles. The van der Waals surface area contributed by atoms with Gasteiger partial charge in [0.2, 0.25) is 5.91 Å². The first-order valence-corrected chi connectivity index (χ1v) is 9.53. The zero-order chi connectivity index (χ0) is 17.0. The Morgan fingerprint density at radius 2 is 1.87 bits per heavy atom. The molecule has 1 heterocycles. The molecule has 2 unspecified atom stereocenters. The maximum absolute atomic E-state index is 12.6. The molecule has 2 rings (SSSR count). The van der Waals surface area contributed by atoms with Crippen LogP contribution in [-0.4, -0.2) is 36.2 Å². The minimum absolute atomic E-state index is 0.108. The third kappa shape index (κ3) is 4.30. The Kier molecular flexibility index (Phi) is 6.15.